The number of ether oxygens (including phenoxy) is 1. The van der Waals surface area contributed by atoms with Crippen LogP contribution in [0.3, 0.4) is 0 Å². The summed E-state index contributed by atoms with van der Waals surface area (Å²) in [6.45, 7) is 8.71. The fourth-order valence-corrected chi connectivity index (χ4v) is 6.19. The predicted octanol–water partition coefficient (Wildman–Crippen LogP) is 2.87. The highest BCUT2D eigenvalue weighted by atomic mass is 32.2. The van der Waals surface area contributed by atoms with Gasteiger partial charge in [-0.1, -0.05) is 56.3 Å². The quantitative estimate of drug-likeness (QED) is 0.255. The average molecular weight is 648 g/mol. The highest BCUT2D eigenvalue weighted by Crippen LogP contribution is 2.25. The number of aromatic nitrogens is 1. The van der Waals surface area contributed by atoms with Crippen molar-refractivity contribution in [2.45, 2.75) is 64.7 Å². The zero-order valence-corrected chi connectivity index (χ0v) is 27.6. The van der Waals surface area contributed by atoms with Crippen LogP contribution in [0.2, 0.25) is 0 Å². The van der Waals surface area contributed by atoms with E-state index in [2.05, 4.69) is 20.9 Å². The first-order valence-electron chi connectivity index (χ1n) is 15.2. The van der Waals surface area contributed by atoms with Crippen LogP contribution in [-0.4, -0.2) is 81.2 Å². The second-order valence-corrected chi connectivity index (χ2v) is 13.6. The van der Waals surface area contributed by atoms with Crippen molar-refractivity contribution in [3.8, 4) is 5.75 Å². The molecule has 12 heteroatoms. The van der Waals surface area contributed by atoms with Crippen molar-refractivity contribution < 1.29 is 28.7 Å². The number of carbonyl (C=O) groups is 5. The van der Waals surface area contributed by atoms with Gasteiger partial charge in [0, 0.05) is 40.9 Å². The van der Waals surface area contributed by atoms with E-state index in [9.17, 15) is 24.0 Å². The van der Waals surface area contributed by atoms with E-state index in [-0.39, 0.29) is 30.7 Å². The largest absolute Gasteiger partial charge is 0.483 e. The Kier molecular flexibility index (Phi) is 11.4. The Hall–Kier alpha value is -4.45. The molecule has 0 spiro atoms. The summed E-state index contributed by atoms with van der Waals surface area (Å²) in [6.07, 6.45) is 3.38. The maximum absolute atomic E-state index is 13.7. The van der Waals surface area contributed by atoms with Crippen molar-refractivity contribution in [3.05, 3.63) is 72.6 Å². The number of amides is 4. The number of hydrogen-bond acceptors (Lipinski definition) is 8. The van der Waals surface area contributed by atoms with Crippen LogP contribution < -0.4 is 20.7 Å². The molecule has 244 valence electrons. The van der Waals surface area contributed by atoms with E-state index >= 15 is 0 Å². The summed E-state index contributed by atoms with van der Waals surface area (Å²) in [7, 11) is 0. The van der Waals surface area contributed by atoms with Gasteiger partial charge in [-0.25, -0.2) is 0 Å². The second kappa shape index (κ2) is 15.2. The molecule has 1 saturated heterocycles. The van der Waals surface area contributed by atoms with Gasteiger partial charge in [-0.3, -0.25) is 29.0 Å². The molecule has 3 aromatic rings. The molecule has 2 heterocycles. The number of benzene rings is 2. The summed E-state index contributed by atoms with van der Waals surface area (Å²) < 4.78 is 5.78. The Morgan fingerprint density at radius 1 is 1.00 bits per heavy atom. The van der Waals surface area contributed by atoms with Crippen molar-refractivity contribution in [1.29, 1.82) is 0 Å². The Morgan fingerprint density at radius 2 is 1.74 bits per heavy atom. The van der Waals surface area contributed by atoms with Crippen molar-refractivity contribution in [2.24, 2.45) is 5.92 Å². The predicted molar refractivity (Wildman–Crippen MR) is 177 cm³/mol. The van der Waals surface area contributed by atoms with E-state index in [1.54, 1.807) is 68.7 Å². The first-order chi connectivity index (χ1) is 21.8. The topological polar surface area (TPSA) is 147 Å². The fourth-order valence-electron chi connectivity index (χ4n) is 5.04. The zero-order chi connectivity index (χ0) is 33.4. The summed E-state index contributed by atoms with van der Waals surface area (Å²) in [5.74, 6) is -2.47. The van der Waals surface area contributed by atoms with Gasteiger partial charge >= 0.3 is 0 Å². The Balaban J connectivity index is 1.47. The van der Waals surface area contributed by atoms with Gasteiger partial charge < -0.3 is 25.6 Å². The summed E-state index contributed by atoms with van der Waals surface area (Å²) in [5, 5.41) is 9.99. The first-order valence-corrected chi connectivity index (χ1v) is 16.3. The van der Waals surface area contributed by atoms with Crippen molar-refractivity contribution >= 4 is 51.9 Å². The van der Waals surface area contributed by atoms with Crippen LogP contribution in [0.15, 0.2) is 67.0 Å². The maximum Gasteiger partial charge on any atom is 0.293 e. The average Bonchev–Trinajstić information content (AvgIpc) is 3.51. The van der Waals surface area contributed by atoms with Gasteiger partial charge in [-0.15, -0.1) is 11.8 Å². The number of hydrogen-bond donors (Lipinski definition) is 3. The fraction of sp³-hybridized carbons (Fsp3) is 0.412. The molecule has 1 aliphatic heterocycles. The maximum atomic E-state index is 13.7. The molecule has 4 amide bonds. The smallest absolute Gasteiger partial charge is 0.293 e. The Labute approximate surface area is 273 Å². The van der Waals surface area contributed by atoms with Crippen LogP contribution in [0, 0.1) is 5.92 Å². The Morgan fingerprint density at radius 3 is 2.43 bits per heavy atom. The SMILES string of the molecule is CC(C)[C@H](NC(=O)COc1cccc2cnccc12)C(=O)N[C@@H](Cc1ccccc1)C(=O)C(=O)N1CSC[C@H]1C(=O)NC(C)(C)C. The van der Waals surface area contributed by atoms with Crippen molar-refractivity contribution in [1.82, 2.24) is 25.8 Å². The number of pyridine rings is 1. The lowest BCUT2D eigenvalue weighted by atomic mass is 9.98. The molecular weight excluding hydrogens is 606 g/mol. The molecule has 0 radical (unpaired) electrons. The van der Waals surface area contributed by atoms with E-state index in [1.807, 2.05) is 32.9 Å². The van der Waals surface area contributed by atoms with Crippen LogP contribution in [-0.2, 0) is 30.4 Å². The van der Waals surface area contributed by atoms with E-state index in [0.29, 0.717) is 11.5 Å². The highest BCUT2D eigenvalue weighted by Gasteiger charge is 2.41. The Bertz CT molecular complexity index is 1570. The second-order valence-electron chi connectivity index (χ2n) is 12.6. The molecule has 3 N–H and O–H groups in total. The third-order valence-corrected chi connectivity index (χ3v) is 8.35. The van der Waals surface area contributed by atoms with Gasteiger partial charge in [0.2, 0.25) is 17.6 Å². The van der Waals surface area contributed by atoms with Gasteiger partial charge in [0.15, 0.2) is 6.61 Å². The molecule has 0 aliphatic carbocycles. The lowest BCUT2D eigenvalue weighted by Crippen LogP contribution is -2.58. The molecule has 2 aromatic carbocycles. The minimum Gasteiger partial charge on any atom is -0.483 e. The van der Waals surface area contributed by atoms with Gasteiger partial charge in [0.1, 0.15) is 23.9 Å². The number of nitrogens with one attached hydrogen (secondary N) is 3. The van der Waals surface area contributed by atoms with E-state index in [4.69, 9.17) is 4.74 Å². The lowest BCUT2D eigenvalue weighted by Gasteiger charge is -2.29. The molecule has 46 heavy (non-hydrogen) atoms. The van der Waals surface area contributed by atoms with Crippen LogP contribution in [0.4, 0.5) is 0 Å². The third-order valence-electron chi connectivity index (χ3n) is 7.34. The van der Waals surface area contributed by atoms with Gasteiger partial charge in [0.25, 0.3) is 11.8 Å². The normalized spacial score (nSPS) is 16.0. The molecule has 0 unspecified atom stereocenters. The van der Waals surface area contributed by atoms with E-state index in [0.717, 1.165) is 16.3 Å². The van der Waals surface area contributed by atoms with Crippen molar-refractivity contribution in [3.63, 3.8) is 0 Å². The summed E-state index contributed by atoms with van der Waals surface area (Å²) in [4.78, 5) is 72.2. The third kappa shape index (κ3) is 9.06. The summed E-state index contributed by atoms with van der Waals surface area (Å²) >= 11 is 1.38. The minimum atomic E-state index is -1.22. The van der Waals surface area contributed by atoms with E-state index in [1.165, 1.54) is 16.7 Å². The molecule has 4 rings (SSSR count). The number of Topliss-reactive ketones (excluding diaryl/α,β-unsaturated/α-hetero) is 1. The molecule has 1 aliphatic rings. The number of fused-ring (bicyclic) bond motifs is 1. The number of thioether (sulfide) groups is 1. The summed E-state index contributed by atoms with van der Waals surface area (Å²) in [5.41, 5.74) is 0.219. The molecule has 0 saturated carbocycles. The standard InChI is InChI=1S/C34H41N5O6S/c1-21(2)29(37-28(40)18-45-27-13-9-12-23-17-35-15-14-24(23)27)32(43)36-25(16-22-10-7-6-8-11-22)30(41)33(44)39-20-46-19-26(39)31(42)38-34(3,4)5/h6-15,17,21,25-26,29H,16,18-20H2,1-5H3,(H,36,43)(H,37,40)(H,38,42)/t25-,26-,29-/m0/s1. The number of rotatable bonds is 12. The van der Waals surface area contributed by atoms with Crippen LogP contribution >= 0.6 is 11.8 Å². The molecule has 11 nitrogen and oxygen atoms in total. The number of nitrogens with zero attached hydrogens (tertiary/aromatic N) is 2. The molecule has 1 aromatic heterocycles. The summed E-state index contributed by atoms with van der Waals surface area (Å²) in [6, 6.07) is 13.2. The zero-order valence-electron chi connectivity index (χ0n) is 26.7. The van der Waals surface area contributed by atoms with Gasteiger partial charge in [0.05, 0.1) is 5.88 Å². The van der Waals surface area contributed by atoms with Crippen LogP contribution in [0.1, 0.15) is 40.2 Å². The van der Waals surface area contributed by atoms with Crippen LogP contribution in [0.25, 0.3) is 10.8 Å². The lowest BCUT2D eigenvalue weighted by molar-refractivity contribution is -0.148. The number of carbonyl (C=O) groups excluding carboxylic acids is 5. The van der Waals surface area contributed by atoms with Crippen LogP contribution in [0.5, 0.6) is 5.75 Å². The van der Waals surface area contributed by atoms with E-state index < -0.39 is 47.2 Å². The highest BCUT2D eigenvalue weighted by molar-refractivity contribution is 7.99. The monoisotopic (exact) mass is 647 g/mol. The minimum absolute atomic E-state index is 0.0504. The molecule has 1 fully saturated rings. The van der Waals surface area contributed by atoms with Crippen molar-refractivity contribution in [2.75, 3.05) is 18.2 Å². The van der Waals surface area contributed by atoms with Gasteiger partial charge in [-0.2, -0.15) is 0 Å². The molecule has 3 atom stereocenters. The first kappa shape index (κ1) is 34.4. The molecule has 0 bridgehead atoms. The molecular formula is C34H41N5O6S. The number of ketones is 1. The van der Waals surface area contributed by atoms with Gasteiger partial charge in [-0.05, 0) is 44.4 Å².